The number of rotatable bonds is 3. The maximum atomic E-state index is 12.4. The highest BCUT2D eigenvalue weighted by Gasteiger charge is 2.18. The SMILES string of the molecule is Cc1ncc(-c2ccc3cnc(CC(=O)N4CCOCC4)nc3c2)o1. The Hall–Kier alpha value is -2.80. The zero-order chi connectivity index (χ0) is 17.2. The molecule has 0 radical (unpaired) electrons. The second kappa shape index (κ2) is 6.60. The Balaban J connectivity index is 1.59. The van der Waals surface area contributed by atoms with Crippen molar-refractivity contribution in [1.82, 2.24) is 19.9 Å². The first-order valence-electron chi connectivity index (χ1n) is 8.23. The van der Waals surface area contributed by atoms with Crippen LogP contribution in [0.5, 0.6) is 0 Å². The van der Waals surface area contributed by atoms with Crippen molar-refractivity contribution in [3.05, 3.63) is 42.3 Å². The van der Waals surface area contributed by atoms with Crippen molar-refractivity contribution < 1.29 is 13.9 Å². The van der Waals surface area contributed by atoms with Gasteiger partial charge in [0.2, 0.25) is 5.91 Å². The minimum atomic E-state index is 0.0321. The van der Waals surface area contributed by atoms with E-state index in [9.17, 15) is 4.79 Å². The molecule has 0 aliphatic carbocycles. The van der Waals surface area contributed by atoms with E-state index < -0.39 is 0 Å². The van der Waals surface area contributed by atoms with E-state index in [2.05, 4.69) is 15.0 Å². The van der Waals surface area contributed by atoms with Crippen LogP contribution in [0.1, 0.15) is 11.7 Å². The maximum Gasteiger partial charge on any atom is 0.230 e. The highest BCUT2D eigenvalue weighted by molar-refractivity contribution is 5.83. The number of carbonyl (C=O) groups excluding carboxylic acids is 1. The van der Waals surface area contributed by atoms with E-state index in [4.69, 9.17) is 9.15 Å². The predicted octanol–water partition coefficient (Wildman–Crippen LogP) is 1.99. The number of amides is 1. The zero-order valence-electron chi connectivity index (χ0n) is 13.9. The van der Waals surface area contributed by atoms with Gasteiger partial charge < -0.3 is 14.1 Å². The van der Waals surface area contributed by atoms with Gasteiger partial charge in [0.05, 0.1) is 31.3 Å². The maximum absolute atomic E-state index is 12.4. The topological polar surface area (TPSA) is 81.4 Å². The molecule has 1 saturated heterocycles. The molecule has 0 spiro atoms. The van der Waals surface area contributed by atoms with Crippen molar-refractivity contribution >= 4 is 16.8 Å². The summed E-state index contributed by atoms with van der Waals surface area (Å²) in [5, 5.41) is 0.919. The Morgan fingerprint density at radius 2 is 2.04 bits per heavy atom. The van der Waals surface area contributed by atoms with Crippen LogP contribution in [0, 0.1) is 6.92 Å². The Bertz CT molecular complexity index is 916. The molecule has 25 heavy (non-hydrogen) atoms. The van der Waals surface area contributed by atoms with Crippen LogP contribution in [0.15, 0.2) is 35.0 Å². The largest absolute Gasteiger partial charge is 0.441 e. The normalized spacial score (nSPS) is 14.8. The number of morpholine rings is 1. The quantitative estimate of drug-likeness (QED) is 0.726. The number of aromatic nitrogens is 3. The number of benzene rings is 1. The zero-order valence-corrected chi connectivity index (χ0v) is 13.9. The van der Waals surface area contributed by atoms with Crippen LogP contribution in [0.2, 0.25) is 0 Å². The van der Waals surface area contributed by atoms with Crippen LogP contribution in [-0.4, -0.2) is 52.1 Å². The lowest BCUT2D eigenvalue weighted by atomic mass is 10.1. The summed E-state index contributed by atoms with van der Waals surface area (Å²) in [6, 6.07) is 5.82. The summed E-state index contributed by atoms with van der Waals surface area (Å²) in [7, 11) is 0. The molecular formula is C18H18N4O3. The number of fused-ring (bicyclic) bond motifs is 1. The molecule has 0 N–H and O–H groups in total. The van der Waals surface area contributed by atoms with Crippen LogP contribution in [0.25, 0.3) is 22.2 Å². The number of carbonyl (C=O) groups is 1. The fraction of sp³-hybridized carbons (Fsp3) is 0.333. The third-order valence-electron chi connectivity index (χ3n) is 4.21. The van der Waals surface area contributed by atoms with E-state index in [1.807, 2.05) is 25.1 Å². The molecule has 1 aromatic carbocycles. The Morgan fingerprint density at radius 3 is 2.80 bits per heavy atom. The van der Waals surface area contributed by atoms with E-state index in [1.54, 1.807) is 17.3 Å². The monoisotopic (exact) mass is 338 g/mol. The third kappa shape index (κ3) is 3.36. The molecule has 7 nitrogen and oxygen atoms in total. The summed E-state index contributed by atoms with van der Waals surface area (Å²) in [5.74, 6) is 1.87. The molecule has 3 aromatic rings. The van der Waals surface area contributed by atoms with Gasteiger partial charge in [-0.3, -0.25) is 4.79 Å². The Morgan fingerprint density at radius 1 is 1.20 bits per heavy atom. The van der Waals surface area contributed by atoms with E-state index in [0.717, 1.165) is 16.5 Å². The second-order valence-electron chi connectivity index (χ2n) is 5.97. The average Bonchev–Trinajstić information content (AvgIpc) is 3.08. The van der Waals surface area contributed by atoms with Gasteiger partial charge >= 0.3 is 0 Å². The van der Waals surface area contributed by atoms with Gasteiger partial charge in [0, 0.05) is 37.2 Å². The van der Waals surface area contributed by atoms with Crippen molar-refractivity contribution in [2.45, 2.75) is 13.3 Å². The number of hydrogen-bond acceptors (Lipinski definition) is 6. The predicted molar refractivity (Wildman–Crippen MR) is 90.9 cm³/mol. The highest BCUT2D eigenvalue weighted by atomic mass is 16.5. The van der Waals surface area contributed by atoms with E-state index in [1.165, 1.54) is 0 Å². The molecule has 0 bridgehead atoms. The summed E-state index contributed by atoms with van der Waals surface area (Å²) in [6.45, 7) is 4.24. The minimum Gasteiger partial charge on any atom is -0.441 e. The van der Waals surface area contributed by atoms with Crippen LogP contribution in [0.4, 0.5) is 0 Å². The van der Waals surface area contributed by atoms with Gasteiger partial charge in [-0.15, -0.1) is 0 Å². The lowest BCUT2D eigenvalue weighted by Crippen LogP contribution is -2.41. The van der Waals surface area contributed by atoms with Gasteiger partial charge in [0.15, 0.2) is 11.7 Å². The van der Waals surface area contributed by atoms with Crippen LogP contribution < -0.4 is 0 Å². The van der Waals surface area contributed by atoms with Gasteiger partial charge in [-0.05, 0) is 6.07 Å². The first kappa shape index (κ1) is 15.7. The molecule has 4 rings (SSSR count). The van der Waals surface area contributed by atoms with Gasteiger partial charge in [-0.2, -0.15) is 0 Å². The fourth-order valence-corrected chi connectivity index (χ4v) is 2.85. The smallest absolute Gasteiger partial charge is 0.230 e. The fourth-order valence-electron chi connectivity index (χ4n) is 2.85. The Labute approximate surface area is 144 Å². The minimum absolute atomic E-state index is 0.0321. The molecule has 0 atom stereocenters. The summed E-state index contributed by atoms with van der Waals surface area (Å²) >= 11 is 0. The molecule has 3 heterocycles. The van der Waals surface area contributed by atoms with Crippen molar-refractivity contribution in [3.63, 3.8) is 0 Å². The third-order valence-corrected chi connectivity index (χ3v) is 4.21. The second-order valence-corrected chi connectivity index (χ2v) is 5.97. The van der Waals surface area contributed by atoms with Crippen LogP contribution in [-0.2, 0) is 16.0 Å². The standard InChI is InChI=1S/C18H18N4O3/c1-12-19-11-16(25-12)13-2-3-14-10-20-17(21-15(14)8-13)9-18(23)22-4-6-24-7-5-22/h2-3,8,10-11H,4-7,9H2,1H3. The van der Waals surface area contributed by atoms with Crippen molar-refractivity contribution in [3.8, 4) is 11.3 Å². The summed E-state index contributed by atoms with van der Waals surface area (Å²) in [5.41, 5.74) is 1.68. The molecule has 1 aliphatic rings. The van der Waals surface area contributed by atoms with Crippen LogP contribution in [0.3, 0.4) is 0 Å². The molecule has 1 aliphatic heterocycles. The summed E-state index contributed by atoms with van der Waals surface area (Å²) < 4.78 is 10.8. The molecule has 0 saturated carbocycles. The van der Waals surface area contributed by atoms with E-state index in [-0.39, 0.29) is 12.3 Å². The lowest BCUT2D eigenvalue weighted by molar-refractivity contribution is -0.134. The van der Waals surface area contributed by atoms with Gasteiger partial charge in [0.1, 0.15) is 5.82 Å². The molecule has 1 fully saturated rings. The number of hydrogen-bond donors (Lipinski definition) is 0. The van der Waals surface area contributed by atoms with Gasteiger partial charge in [-0.25, -0.2) is 15.0 Å². The van der Waals surface area contributed by atoms with Crippen molar-refractivity contribution in [1.29, 1.82) is 0 Å². The number of nitrogens with zero attached hydrogens (tertiary/aromatic N) is 4. The van der Waals surface area contributed by atoms with E-state index >= 15 is 0 Å². The number of oxazole rings is 1. The van der Waals surface area contributed by atoms with Gasteiger partial charge in [0.25, 0.3) is 0 Å². The van der Waals surface area contributed by atoms with Gasteiger partial charge in [-0.1, -0.05) is 12.1 Å². The average molecular weight is 338 g/mol. The number of aryl methyl sites for hydroxylation is 1. The molecule has 7 heteroatoms. The van der Waals surface area contributed by atoms with Crippen molar-refractivity contribution in [2.75, 3.05) is 26.3 Å². The molecular weight excluding hydrogens is 320 g/mol. The first-order chi connectivity index (χ1) is 12.2. The van der Waals surface area contributed by atoms with Crippen LogP contribution >= 0.6 is 0 Å². The summed E-state index contributed by atoms with van der Waals surface area (Å²) in [6.07, 6.45) is 3.64. The van der Waals surface area contributed by atoms with Crippen molar-refractivity contribution in [2.24, 2.45) is 0 Å². The molecule has 128 valence electrons. The lowest BCUT2D eigenvalue weighted by Gasteiger charge is -2.26. The first-order valence-corrected chi connectivity index (χ1v) is 8.23. The van der Waals surface area contributed by atoms with E-state index in [0.29, 0.717) is 43.8 Å². The number of ether oxygens (including phenoxy) is 1. The summed E-state index contributed by atoms with van der Waals surface area (Å²) in [4.78, 5) is 27.2. The Kier molecular flexibility index (Phi) is 4.15. The highest BCUT2D eigenvalue weighted by Crippen LogP contribution is 2.24. The molecule has 2 aromatic heterocycles. The molecule has 0 unspecified atom stereocenters. The molecule has 1 amide bonds.